The molecule has 7 heteroatoms. The van der Waals surface area contributed by atoms with Crippen molar-refractivity contribution in [3.8, 4) is 0 Å². The molecule has 0 bridgehead atoms. The molecule has 1 aromatic rings. The summed E-state index contributed by atoms with van der Waals surface area (Å²) in [4.78, 5) is 28.4. The molecule has 2 rings (SSSR count). The average molecular weight is 340 g/mol. The molecule has 1 amide bonds. The van der Waals surface area contributed by atoms with Crippen molar-refractivity contribution >= 4 is 23.4 Å². The van der Waals surface area contributed by atoms with Crippen LogP contribution in [0.2, 0.25) is 0 Å². The number of carbonyl (C=O) groups is 2. The summed E-state index contributed by atoms with van der Waals surface area (Å²) in [5, 5.41) is 11.6. The van der Waals surface area contributed by atoms with Gasteiger partial charge in [-0.05, 0) is 39.1 Å². The Morgan fingerprint density at radius 1 is 1.39 bits per heavy atom. The molecule has 0 aliphatic carbocycles. The maximum absolute atomic E-state index is 12.2. The van der Waals surface area contributed by atoms with Crippen LogP contribution in [-0.2, 0) is 9.53 Å². The predicted molar refractivity (Wildman–Crippen MR) is 88.7 cm³/mol. The lowest BCUT2D eigenvalue weighted by molar-refractivity contribution is -0.146. The van der Waals surface area contributed by atoms with E-state index in [0.717, 1.165) is 4.88 Å². The van der Waals surface area contributed by atoms with E-state index < -0.39 is 23.7 Å². The summed E-state index contributed by atoms with van der Waals surface area (Å²) in [6.45, 7) is 8.52. The highest BCUT2D eigenvalue weighted by Gasteiger charge is 2.38. The first-order valence-corrected chi connectivity index (χ1v) is 8.57. The van der Waals surface area contributed by atoms with E-state index in [9.17, 15) is 14.7 Å². The van der Waals surface area contributed by atoms with Crippen molar-refractivity contribution in [1.82, 2.24) is 9.80 Å². The van der Waals surface area contributed by atoms with Crippen LogP contribution in [0.25, 0.3) is 0 Å². The van der Waals surface area contributed by atoms with Gasteiger partial charge in [0.2, 0.25) is 0 Å². The third kappa shape index (κ3) is 4.45. The molecule has 1 fully saturated rings. The molecule has 0 spiro atoms. The Labute approximate surface area is 140 Å². The van der Waals surface area contributed by atoms with Gasteiger partial charge < -0.3 is 14.7 Å². The minimum absolute atomic E-state index is 0.0110. The van der Waals surface area contributed by atoms with Gasteiger partial charge in [0.05, 0.1) is 6.54 Å². The van der Waals surface area contributed by atoms with Crippen molar-refractivity contribution in [2.24, 2.45) is 0 Å². The molecule has 23 heavy (non-hydrogen) atoms. The Morgan fingerprint density at radius 2 is 2.09 bits per heavy atom. The molecule has 1 aliphatic heterocycles. The van der Waals surface area contributed by atoms with Crippen molar-refractivity contribution in [3.63, 3.8) is 0 Å². The minimum Gasteiger partial charge on any atom is -0.480 e. The molecule has 6 nitrogen and oxygen atoms in total. The molecular weight excluding hydrogens is 316 g/mol. The number of amides is 1. The number of aliphatic carboxylic acids is 1. The molecule has 2 atom stereocenters. The lowest BCUT2D eigenvalue weighted by Gasteiger charge is -2.42. The quantitative estimate of drug-likeness (QED) is 0.916. The number of thiophene rings is 1. The normalized spacial score (nSPS) is 21.0. The van der Waals surface area contributed by atoms with Crippen LogP contribution in [0.4, 0.5) is 4.79 Å². The van der Waals surface area contributed by atoms with Gasteiger partial charge in [-0.25, -0.2) is 4.79 Å². The predicted octanol–water partition coefficient (Wildman–Crippen LogP) is 2.82. The average Bonchev–Trinajstić information content (AvgIpc) is 2.98. The van der Waals surface area contributed by atoms with Crippen LogP contribution in [0, 0.1) is 0 Å². The monoisotopic (exact) mass is 340 g/mol. The van der Waals surface area contributed by atoms with E-state index in [1.807, 2.05) is 29.3 Å². The van der Waals surface area contributed by atoms with Crippen LogP contribution in [0.15, 0.2) is 17.5 Å². The van der Waals surface area contributed by atoms with E-state index >= 15 is 0 Å². The molecular formula is C16H24N2O4S. The molecule has 0 radical (unpaired) electrons. The molecule has 0 unspecified atom stereocenters. The summed E-state index contributed by atoms with van der Waals surface area (Å²) in [5.74, 6) is -0.915. The maximum atomic E-state index is 12.2. The third-order valence-electron chi connectivity index (χ3n) is 3.81. The summed E-state index contributed by atoms with van der Waals surface area (Å²) in [5.41, 5.74) is -0.586. The largest absolute Gasteiger partial charge is 0.480 e. The second kappa shape index (κ2) is 6.88. The second-order valence-electron chi connectivity index (χ2n) is 6.71. The summed E-state index contributed by atoms with van der Waals surface area (Å²) in [7, 11) is 0. The first-order chi connectivity index (χ1) is 10.7. The van der Waals surface area contributed by atoms with Crippen LogP contribution >= 0.6 is 11.3 Å². The molecule has 0 aromatic carbocycles. The Balaban J connectivity index is 2.09. The van der Waals surface area contributed by atoms with E-state index in [-0.39, 0.29) is 12.6 Å². The van der Waals surface area contributed by atoms with Gasteiger partial charge in [0.1, 0.15) is 11.6 Å². The SMILES string of the molecule is C[C@@H](c1cccs1)N1CCN(C(=O)OC(C)(C)C)C[C@@H]1C(=O)O. The Morgan fingerprint density at radius 3 is 2.61 bits per heavy atom. The van der Waals surface area contributed by atoms with Gasteiger partial charge in [-0.15, -0.1) is 11.3 Å². The zero-order chi connectivity index (χ0) is 17.2. The topological polar surface area (TPSA) is 70.1 Å². The second-order valence-corrected chi connectivity index (χ2v) is 7.69. The van der Waals surface area contributed by atoms with E-state index in [2.05, 4.69) is 0 Å². The van der Waals surface area contributed by atoms with Crippen molar-refractivity contribution in [3.05, 3.63) is 22.4 Å². The van der Waals surface area contributed by atoms with Crippen molar-refractivity contribution in [2.45, 2.75) is 45.4 Å². The maximum Gasteiger partial charge on any atom is 0.410 e. The Kier molecular flexibility index (Phi) is 5.31. The highest BCUT2D eigenvalue weighted by Crippen LogP contribution is 2.28. The fraction of sp³-hybridized carbons (Fsp3) is 0.625. The number of nitrogens with zero attached hydrogens (tertiary/aromatic N) is 2. The van der Waals surface area contributed by atoms with Gasteiger partial charge in [0.15, 0.2) is 0 Å². The molecule has 1 N–H and O–H groups in total. The van der Waals surface area contributed by atoms with Crippen LogP contribution < -0.4 is 0 Å². The lowest BCUT2D eigenvalue weighted by Crippen LogP contribution is -2.58. The number of hydrogen-bond acceptors (Lipinski definition) is 5. The summed E-state index contributed by atoms with van der Waals surface area (Å²) >= 11 is 1.61. The van der Waals surface area contributed by atoms with Crippen LogP contribution in [-0.4, -0.2) is 58.2 Å². The lowest BCUT2D eigenvalue weighted by atomic mass is 10.1. The summed E-state index contributed by atoms with van der Waals surface area (Å²) in [6, 6.07) is 3.25. The van der Waals surface area contributed by atoms with Crippen molar-refractivity contribution in [1.29, 1.82) is 0 Å². The van der Waals surface area contributed by atoms with Gasteiger partial charge in [0.25, 0.3) is 0 Å². The van der Waals surface area contributed by atoms with E-state index in [1.54, 1.807) is 32.1 Å². The number of rotatable bonds is 3. The van der Waals surface area contributed by atoms with Crippen LogP contribution in [0.1, 0.15) is 38.6 Å². The number of ether oxygens (including phenoxy) is 1. The van der Waals surface area contributed by atoms with Crippen LogP contribution in [0.3, 0.4) is 0 Å². The molecule has 1 aromatic heterocycles. The third-order valence-corrected chi connectivity index (χ3v) is 4.85. The van der Waals surface area contributed by atoms with Crippen molar-refractivity contribution < 1.29 is 19.4 Å². The Bertz CT molecular complexity index is 553. The minimum atomic E-state index is -0.915. The number of hydrogen-bond donors (Lipinski definition) is 1. The molecule has 128 valence electrons. The highest BCUT2D eigenvalue weighted by atomic mass is 32.1. The van der Waals surface area contributed by atoms with Gasteiger partial charge in [0, 0.05) is 24.0 Å². The Hall–Kier alpha value is -1.60. The number of carboxylic acid groups (broad SMARTS) is 1. The molecule has 1 aliphatic rings. The van der Waals surface area contributed by atoms with Crippen LogP contribution in [0.5, 0.6) is 0 Å². The molecule has 0 saturated carbocycles. The number of carboxylic acids is 1. The zero-order valence-electron chi connectivity index (χ0n) is 14.0. The first-order valence-electron chi connectivity index (χ1n) is 7.69. The fourth-order valence-corrected chi connectivity index (χ4v) is 3.47. The van der Waals surface area contributed by atoms with E-state index in [4.69, 9.17) is 4.74 Å². The summed E-state index contributed by atoms with van der Waals surface area (Å²) in [6.07, 6.45) is -0.452. The zero-order valence-corrected chi connectivity index (χ0v) is 14.8. The summed E-state index contributed by atoms with van der Waals surface area (Å²) < 4.78 is 5.35. The van der Waals surface area contributed by atoms with Gasteiger partial charge >= 0.3 is 12.1 Å². The van der Waals surface area contributed by atoms with Gasteiger partial charge in [-0.1, -0.05) is 6.07 Å². The van der Waals surface area contributed by atoms with Crippen molar-refractivity contribution in [2.75, 3.05) is 19.6 Å². The highest BCUT2D eigenvalue weighted by molar-refractivity contribution is 7.10. The number of piperazine rings is 1. The fourth-order valence-electron chi connectivity index (χ4n) is 2.67. The van der Waals surface area contributed by atoms with Gasteiger partial charge in [-0.3, -0.25) is 9.69 Å². The molecule has 2 heterocycles. The van der Waals surface area contributed by atoms with E-state index in [0.29, 0.717) is 13.1 Å². The van der Waals surface area contributed by atoms with Gasteiger partial charge in [-0.2, -0.15) is 0 Å². The smallest absolute Gasteiger partial charge is 0.410 e. The standard InChI is InChI=1S/C16H24N2O4S/c1-11(13-6-5-9-23-13)18-8-7-17(10-12(18)14(19)20)15(21)22-16(2,3)4/h5-6,9,11-12H,7-8,10H2,1-4H3,(H,19,20)/t11-,12+/m0/s1. The first kappa shape index (κ1) is 17.7. The number of carbonyl (C=O) groups excluding carboxylic acids is 1. The van der Waals surface area contributed by atoms with E-state index in [1.165, 1.54) is 4.90 Å². The molecule has 1 saturated heterocycles.